The summed E-state index contributed by atoms with van der Waals surface area (Å²) < 4.78 is 40.7. The molecule has 27 heavy (non-hydrogen) atoms. The minimum atomic E-state index is -4.68. The fraction of sp³-hybridized carbons (Fsp3) is 0.412. The van der Waals surface area contributed by atoms with Crippen molar-refractivity contribution in [2.75, 3.05) is 13.1 Å². The second kappa shape index (κ2) is 7.01. The Balaban J connectivity index is 1.75. The normalized spacial score (nSPS) is 20.1. The molecule has 0 bridgehead atoms. The monoisotopic (exact) mass is 382 g/mol. The number of para-hydroxylation sites is 1. The van der Waals surface area contributed by atoms with Crippen LogP contribution in [-0.4, -0.2) is 56.1 Å². The van der Waals surface area contributed by atoms with Gasteiger partial charge in [-0.2, -0.15) is 13.2 Å². The lowest BCUT2D eigenvalue weighted by Gasteiger charge is -2.18. The van der Waals surface area contributed by atoms with Gasteiger partial charge in [0.2, 0.25) is 5.91 Å². The van der Waals surface area contributed by atoms with Gasteiger partial charge in [-0.1, -0.05) is 23.4 Å². The van der Waals surface area contributed by atoms with Gasteiger partial charge < -0.3 is 10.0 Å². The van der Waals surface area contributed by atoms with Crippen LogP contribution in [-0.2, 0) is 16.0 Å². The van der Waals surface area contributed by atoms with Crippen molar-refractivity contribution in [2.24, 2.45) is 11.8 Å². The maximum atomic E-state index is 13.1. The van der Waals surface area contributed by atoms with Gasteiger partial charge in [0, 0.05) is 13.1 Å². The van der Waals surface area contributed by atoms with Crippen molar-refractivity contribution >= 4 is 11.9 Å². The third-order valence-electron chi connectivity index (χ3n) is 4.72. The lowest BCUT2D eigenvalue weighted by Crippen LogP contribution is -2.34. The van der Waals surface area contributed by atoms with Crippen LogP contribution in [0.2, 0.25) is 0 Å². The van der Waals surface area contributed by atoms with Crippen molar-refractivity contribution in [1.82, 2.24) is 19.9 Å². The van der Waals surface area contributed by atoms with E-state index in [1.807, 2.05) is 18.2 Å². The fourth-order valence-corrected chi connectivity index (χ4v) is 3.18. The van der Waals surface area contributed by atoms with Crippen LogP contribution in [0.4, 0.5) is 13.2 Å². The first-order chi connectivity index (χ1) is 12.7. The minimum absolute atomic E-state index is 0.240. The molecule has 1 amide bonds. The quantitative estimate of drug-likeness (QED) is 0.872. The number of benzene rings is 1. The molecule has 0 radical (unpaired) electrons. The first-order valence-corrected chi connectivity index (χ1v) is 8.22. The molecule has 2 aromatic rings. The molecule has 1 N–H and O–H groups in total. The summed E-state index contributed by atoms with van der Waals surface area (Å²) in [5, 5.41) is 17.0. The Bertz CT molecular complexity index is 851. The van der Waals surface area contributed by atoms with Gasteiger partial charge >= 0.3 is 12.1 Å². The van der Waals surface area contributed by atoms with Gasteiger partial charge in [0.15, 0.2) is 0 Å². The lowest BCUT2D eigenvalue weighted by atomic mass is 9.96. The van der Waals surface area contributed by atoms with Gasteiger partial charge in [0.05, 0.1) is 35.3 Å². The van der Waals surface area contributed by atoms with E-state index in [9.17, 15) is 22.8 Å². The molecule has 7 nitrogen and oxygen atoms in total. The molecular formula is C17H17F3N4O3. The summed E-state index contributed by atoms with van der Waals surface area (Å²) in [6.45, 7) is 0.577. The number of carbonyl (C=O) groups is 2. The van der Waals surface area contributed by atoms with Gasteiger partial charge in [-0.25, -0.2) is 4.68 Å². The molecule has 144 valence electrons. The largest absolute Gasteiger partial charge is 0.481 e. The highest BCUT2D eigenvalue weighted by molar-refractivity contribution is 5.80. The smallest absolute Gasteiger partial charge is 0.394 e. The SMILES string of the molecule is Cc1c(CC(=O)N2C[C@@H](C(F)(F)F)[C@H](C(=O)O)C2)nnn1-c1ccccc1. The summed E-state index contributed by atoms with van der Waals surface area (Å²) in [6, 6.07) is 9.07. The Kier molecular flexibility index (Phi) is 4.90. The molecule has 2 atom stereocenters. The Labute approximate surface area is 152 Å². The van der Waals surface area contributed by atoms with Crippen molar-refractivity contribution in [3.63, 3.8) is 0 Å². The van der Waals surface area contributed by atoms with E-state index >= 15 is 0 Å². The first kappa shape index (κ1) is 18.9. The summed E-state index contributed by atoms with van der Waals surface area (Å²) in [6.07, 6.45) is -4.92. The number of aromatic nitrogens is 3. The predicted octanol–water partition coefficient (Wildman–Crippen LogP) is 1.84. The molecule has 1 fully saturated rings. The Morgan fingerprint density at radius 1 is 1.22 bits per heavy atom. The van der Waals surface area contributed by atoms with E-state index in [2.05, 4.69) is 10.3 Å². The molecule has 2 heterocycles. The summed E-state index contributed by atoms with van der Waals surface area (Å²) >= 11 is 0. The summed E-state index contributed by atoms with van der Waals surface area (Å²) in [7, 11) is 0. The maximum absolute atomic E-state index is 13.1. The van der Waals surface area contributed by atoms with Crippen LogP contribution in [0, 0.1) is 18.8 Å². The molecule has 1 aliphatic rings. The third-order valence-corrected chi connectivity index (χ3v) is 4.72. The van der Waals surface area contributed by atoms with E-state index in [1.54, 1.807) is 19.1 Å². The second-order valence-corrected chi connectivity index (χ2v) is 6.44. The van der Waals surface area contributed by atoms with Crippen LogP contribution in [0.3, 0.4) is 0 Å². The van der Waals surface area contributed by atoms with Crippen LogP contribution >= 0.6 is 0 Å². The molecule has 0 spiro atoms. The Hall–Kier alpha value is -2.91. The molecule has 10 heteroatoms. The zero-order chi connectivity index (χ0) is 19.8. The summed E-state index contributed by atoms with van der Waals surface area (Å²) in [5.74, 6) is -5.88. The zero-order valence-electron chi connectivity index (χ0n) is 14.3. The van der Waals surface area contributed by atoms with Gasteiger partial charge in [-0.15, -0.1) is 5.10 Å². The number of carboxylic acid groups (broad SMARTS) is 1. The fourth-order valence-electron chi connectivity index (χ4n) is 3.18. The summed E-state index contributed by atoms with van der Waals surface area (Å²) in [4.78, 5) is 24.5. The first-order valence-electron chi connectivity index (χ1n) is 8.22. The Morgan fingerprint density at radius 3 is 2.44 bits per heavy atom. The number of likely N-dealkylation sites (tertiary alicyclic amines) is 1. The summed E-state index contributed by atoms with van der Waals surface area (Å²) in [5.41, 5.74) is 1.67. The van der Waals surface area contributed by atoms with Crippen LogP contribution < -0.4 is 0 Å². The highest BCUT2D eigenvalue weighted by Crippen LogP contribution is 2.37. The topological polar surface area (TPSA) is 88.3 Å². The van der Waals surface area contributed by atoms with E-state index < -0.39 is 43.0 Å². The molecule has 1 aliphatic heterocycles. The Morgan fingerprint density at radius 2 is 1.89 bits per heavy atom. The number of halogens is 3. The van der Waals surface area contributed by atoms with E-state index in [-0.39, 0.29) is 6.42 Å². The average molecular weight is 382 g/mol. The molecule has 1 saturated heterocycles. The maximum Gasteiger partial charge on any atom is 0.394 e. The molecule has 3 rings (SSSR count). The number of nitrogens with zero attached hydrogens (tertiary/aromatic N) is 4. The number of carboxylic acids is 1. The van der Waals surface area contributed by atoms with E-state index in [4.69, 9.17) is 5.11 Å². The van der Waals surface area contributed by atoms with Crippen molar-refractivity contribution in [3.8, 4) is 5.69 Å². The number of amides is 1. The van der Waals surface area contributed by atoms with Gasteiger partial charge in [0.1, 0.15) is 0 Å². The van der Waals surface area contributed by atoms with Crippen molar-refractivity contribution in [1.29, 1.82) is 0 Å². The van der Waals surface area contributed by atoms with Crippen LogP contribution in [0.1, 0.15) is 11.4 Å². The zero-order valence-corrected chi connectivity index (χ0v) is 14.3. The number of rotatable bonds is 4. The van der Waals surface area contributed by atoms with Gasteiger partial charge in [-0.05, 0) is 19.1 Å². The third kappa shape index (κ3) is 3.79. The average Bonchev–Trinajstić information content (AvgIpc) is 3.21. The highest BCUT2D eigenvalue weighted by Gasteiger charge is 2.53. The molecule has 0 aliphatic carbocycles. The van der Waals surface area contributed by atoms with Gasteiger partial charge in [-0.3, -0.25) is 9.59 Å². The number of alkyl halides is 3. The minimum Gasteiger partial charge on any atom is -0.481 e. The van der Waals surface area contributed by atoms with Crippen LogP contribution in [0.25, 0.3) is 5.69 Å². The molecule has 0 unspecified atom stereocenters. The highest BCUT2D eigenvalue weighted by atomic mass is 19.4. The van der Waals surface area contributed by atoms with Crippen molar-refractivity contribution < 1.29 is 27.9 Å². The molecule has 1 aromatic carbocycles. The number of hydrogen-bond donors (Lipinski definition) is 1. The van der Waals surface area contributed by atoms with Crippen molar-refractivity contribution in [2.45, 2.75) is 19.5 Å². The van der Waals surface area contributed by atoms with Crippen LogP contribution in [0.5, 0.6) is 0 Å². The molecular weight excluding hydrogens is 365 g/mol. The number of carbonyl (C=O) groups excluding carboxylic acids is 1. The molecule has 0 saturated carbocycles. The molecule has 1 aromatic heterocycles. The number of aliphatic carboxylic acids is 1. The van der Waals surface area contributed by atoms with Crippen LogP contribution in [0.15, 0.2) is 30.3 Å². The van der Waals surface area contributed by atoms with E-state index in [1.165, 1.54) is 4.68 Å². The van der Waals surface area contributed by atoms with E-state index in [0.717, 1.165) is 10.6 Å². The van der Waals surface area contributed by atoms with Gasteiger partial charge in [0.25, 0.3) is 0 Å². The number of hydrogen-bond acceptors (Lipinski definition) is 4. The lowest BCUT2D eigenvalue weighted by molar-refractivity contribution is -0.188. The van der Waals surface area contributed by atoms with E-state index in [0.29, 0.717) is 11.4 Å². The predicted molar refractivity (Wildman–Crippen MR) is 87.1 cm³/mol. The second-order valence-electron chi connectivity index (χ2n) is 6.44. The van der Waals surface area contributed by atoms with Crippen molar-refractivity contribution in [3.05, 3.63) is 41.7 Å². The standard InChI is InChI=1S/C17H17F3N4O3/c1-10-14(21-22-24(10)11-5-3-2-4-6-11)7-15(25)23-8-12(16(26)27)13(9-23)17(18,19)20/h2-6,12-13H,7-9H2,1H3,(H,26,27)/t12-,13-/m1/s1.